The number of carbonyl (C=O) groups is 1. The first-order chi connectivity index (χ1) is 12.3. The summed E-state index contributed by atoms with van der Waals surface area (Å²) in [4.78, 5) is 11.1. The number of tetrazole rings is 1. The van der Waals surface area contributed by atoms with Gasteiger partial charge in [0, 0.05) is 12.6 Å². The Morgan fingerprint density at radius 1 is 1.19 bits per heavy atom. The molecule has 0 bridgehead atoms. The van der Waals surface area contributed by atoms with Crippen molar-refractivity contribution >= 4 is 38.9 Å². The van der Waals surface area contributed by atoms with Crippen molar-refractivity contribution in [3.63, 3.8) is 0 Å². The highest BCUT2D eigenvalue weighted by molar-refractivity contribution is 7.92. The molecule has 0 atom stereocenters. The van der Waals surface area contributed by atoms with Crippen molar-refractivity contribution in [3.8, 4) is 5.69 Å². The highest BCUT2D eigenvalue weighted by Crippen LogP contribution is 2.28. The molecule has 134 valence electrons. The van der Waals surface area contributed by atoms with Crippen LogP contribution in [0.2, 0.25) is 5.02 Å². The van der Waals surface area contributed by atoms with Crippen LogP contribution in [0, 0.1) is 0 Å². The molecule has 3 aromatic rings. The highest BCUT2D eigenvalue weighted by atomic mass is 35.5. The lowest BCUT2D eigenvalue weighted by atomic mass is 10.3. The topological polar surface area (TPSA) is 119 Å². The van der Waals surface area contributed by atoms with Crippen LogP contribution in [0.4, 0.5) is 11.4 Å². The highest BCUT2D eigenvalue weighted by Gasteiger charge is 2.17. The van der Waals surface area contributed by atoms with E-state index >= 15 is 0 Å². The van der Waals surface area contributed by atoms with Gasteiger partial charge >= 0.3 is 0 Å². The molecule has 11 heteroatoms. The number of hydrogen-bond acceptors (Lipinski definition) is 6. The van der Waals surface area contributed by atoms with E-state index in [0.29, 0.717) is 11.4 Å². The molecule has 0 radical (unpaired) electrons. The summed E-state index contributed by atoms with van der Waals surface area (Å²) in [6, 6.07) is 10.6. The second-order valence-electron chi connectivity index (χ2n) is 5.23. The van der Waals surface area contributed by atoms with Crippen LogP contribution >= 0.6 is 11.6 Å². The third kappa shape index (κ3) is 3.98. The van der Waals surface area contributed by atoms with Gasteiger partial charge in [0.1, 0.15) is 6.33 Å². The molecule has 1 aromatic heterocycles. The van der Waals surface area contributed by atoms with E-state index in [-0.39, 0.29) is 21.5 Å². The first kappa shape index (κ1) is 17.8. The number of aromatic nitrogens is 4. The largest absolute Gasteiger partial charge is 0.326 e. The Bertz CT molecular complexity index is 1050. The number of benzene rings is 2. The summed E-state index contributed by atoms with van der Waals surface area (Å²) in [7, 11) is -3.89. The predicted molar refractivity (Wildman–Crippen MR) is 95.7 cm³/mol. The Balaban J connectivity index is 1.88. The fourth-order valence-corrected chi connectivity index (χ4v) is 3.56. The lowest BCUT2D eigenvalue weighted by Gasteiger charge is -2.12. The van der Waals surface area contributed by atoms with Gasteiger partial charge in [0.25, 0.3) is 10.0 Å². The van der Waals surface area contributed by atoms with E-state index in [4.69, 9.17) is 11.6 Å². The quantitative estimate of drug-likeness (QED) is 0.686. The van der Waals surface area contributed by atoms with Crippen LogP contribution in [-0.4, -0.2) is 34.5 Å². The molecule has 0 aliphatic heterocycles. The van der Waals surface area contributed by atoms with Crippen molar-refractivity contribution < 1.29 is 13.2 Å². The van der Waals surface area contributed by atoms with Gasteiger partial charge in [-0.1, -0.05) is 17.7 Å². The lowest BCUT2D eigenvalue weighted by Crippen LogP contribution is -2.14. The molecule has 1 heterocycles. The van der Waals surface area contributed by atoms with E-state index in [1.165, 1.54) is 42.2 Å². The van der Waals surface area contributed by atoms with Gasteiger partial charge in [-0.25, -0.2) is 13.1 Å². The summed E-state index contributed by atoms with van der Waals surface area (Å²) in [6.07, 6.45) is 1.36. The molecule has 0 saturated heterocycles. The smallest absolute Gasteiger partial charge is 0.262 e. The molecule has 9 nitrogen and oxygen atoms in total. The number of anilines is 2. The third-order valence-corrected chi connectivity index (χ3v) is 4.95. The van der Waals surface area contributed by atoms with Gasteiger partial charge in [0.15, 0.2) is 0 Å². The van der Waals surface area contributed by atoms with Crippen LogP contribution in [0.15, 0.2) is 53.7 Å². The zero-order chi connectivity index (χ0) is 18.7. The fourth-order valence-electron chi connectivity index (χ4n) is 2.16. The molecule has 0 aliphatic rings. The summed E-state index contributed by atoms with van der Waals surface area (Å²) in [5.74, 6) is -0.256. The van der Waals surface area contributed by atoms with Crippen molar-refractivity contribution in [3.05, 3.63) is 53.8 Å². The lowest BCUT2D eigenvalue weighted by molar-refractivity contribution is -0.114. The van der Waals surface area contributed by atoms with Crippen molar-refractivity contribution in [1.82, 2.24) is 20.2 Å². The van der Waals surface area contributed by atoms with Gasteiger partial charge in [-0.15, -0.1) is 5.10 Å². The third-order valence-electron chi connectivity index (χ3n) is 3.28. The molecule has 0 aliphatic carbocycles. The number of nitrogens with one attached hydrogen (secondary N) is 2. The molecule has 0 fully saturated rings. The van der Waals surface area contributed by atoms with Crippen LogP contribution in [0.25, 0.3) is 5.69 Å². The SMILES string of the molecule is CC(=O)Nc1ccc(NS(=O)(=O)c2cccc(-n3cnnn3)c2)c(Cl)c1. The minimum Gasteiger partial charge on any atom is -0.326 e. The molecule has 26 heavy (non-hydrogen) atoms. The molecular weight excluding hydrogens is 380 g/mol. The molecule has 2 N–H and O–H groups in total. The maximum Gasteiger partial charge on any atom is 0.262 e. The summed E-state index contributed by atoms with van der Waals surface area (Å²) in [5.41, 5.74) is 1.14. The predicted octanol–water partition coefficient (Wildman–Crippen LogP) is 2.07. The van der Waals surface area contributed by atoms with E-state index in [1.54, 1.807) is 18.2 Å². The summed E-state index contributed by atoms with van der Waals surface area (Å²) < 4.78 is 29.0. The van der Waals surface area contributed by atoms with Crippen molar-refractivity contribution in [2.45, 2.75) is 11.8 Å². The molecule has 3 rings (SSSR count). The van der Waals surface area contributed by atoms with E-state index in [0.717, 1.165) is 0 Å². The Kier molecular flexibility index (Phi) is 4.87. The average Bonchev–Trinajstić information content (AvgIpc) is 3.11. The Morgan fingerprint density at radius 3 is 2.65 bits per heavy atom. The Labute approximate surface area is 154 Å². The summed E-state index contributed by atoms with van der Waals surface area (Å²) in [5, 5.41) is 13.5. The summed E-state index contributed by atoms with van der Waals surface area (Å²) in [6.45, 7) is 1.36. The van der Waals surface area contributed by atoms with E-state index < -0.39 is 10.0 Å². The van der Waals surface area contributed by atoms with Crippen LogP contribution in [0.3, 0.4) is 0 Å². The second-order valence-corrected chi connectivity index (χ2v) is 7.32. The number of hydrogen-bond donors (Lipinski definition) is 2. The average molecular weight is 393 g/mol. The van der Waals surface area contributed by atoms with E-state index in [1.807, 2.05) is 0 Å². The standard InChI is InChI=1S/C15H13ClN6O3S/c1-10(23)18-11-5-6-15(14(16)7-11)19-26(24,25)13-4-2-3-12(8-13)22-9-17-20-21-22/h2-9,19H,1H3,(H,18,23). The van der Waals surface area contributed by atoms with E-state index in [2.05, 4.69) is 25.6 Å². The number of halogens is 1. The van der Waals surface area contributed by atoms with Crippen molar-refractivity contribution in [1.29, 1.82) is 0 Å². The number of sulfonamides is 1. The summed E-state index contributed by atoms with van der Waals surface area (Å²) >= 11 is 6.11. The Morgan fingerprint density at radius 2 is 2.00 bits per heavy atom. The zero-order valence-corrected chi connectivity index (χ0v) is 15.0. The first-order valence-electron chi connectivity index (χ1n) is 7.28. The monoisotopic (exact) mass is 392 g/mol. The van der Waals surface area contributed by atoms with Crippen LogP contribution in [-0.2, 0) is 14.8 Å². The van der Waals surface area contributed by atoms with Gasteiger partial charge in [0.05, 0.1) is 21.3 Å². The van der Waals surface area contributed by atoms with E-state index in [9.17, 15) is 13.2 Å². The second kappa shape index (κ2) is 7.10. The van der Waals surface area contributed by atoms with Gasteiger partial charge in [-0.05, 0) is 46.8 Å². The molecule has 0 spiro atoms. The van der Waals surface area contributed by atoms with Crippen LogP contribution < -0.4 is 10.0 Å². The number of rotatable bonds is 5. The minimum atomic E-state index is -3.89. The maximum atomic E-state index is 12.6. The van der Waals surface area contributed by atoms with Crippen molar-refractivity contribution in [2.24, 2.45) is 0 Å². The van der Waals surface area contributed by atoms with Gasteiger partial charge < -0.3 is 5.32 Å². The molecule has 1 amide bonds. The minimum absolute atomic E-state index is 0.0208. The van der Waals surface area contributed by atoms with Crippen molar-refractivity contribution in [2.75, 3.05) is 10.0 Å². The van der Waals surface area contributed by atoms with Gasteiger partial charge in [-0.3, -0.25) is 9.52 Å². The van der Waals surface area contributed by atoms with Gasteiger partial charge in [-0.2, -0.15) is 0 Å². The van der Waals surface area contributed by atoms with Gasteiger partial charge in [0.2, 0.25) is 5.91 Å². The fraction of sp³-hybridized carbons (Fsp3) is 0.0667. The normalized spacial score (nSPS) is 11.2. The van der Waals surface area contributed by atoms with Crippen LogP contribution in [0.5, 0.6) is 0 Å². The first-order valence-corrected chi connectivity index (χ1v) is 9.15. The maximum absolute atomic E-state index is 12.6. The molecule has 0 saturated carbocycles. The van der Waals surface area contributed by atoms with Crippen LogP contribution in [0.1, 0.15) is 6.92 Å². The number of amides is 1. The Hall–Kier alpha value is -2.98. The molecule has 2 aromatic carbocycles. The zero-order valence-electron chi connectivity index (χ0n) is 13.4. The number of carbonyl (C=O) groups excluding carboxylic acids is 1. The molecule has 0 unspecified atom stereocenters. The molecular formula is C15H13ClN6O3S. The number of nitrogens with zero attached hydrogens (tertiary/aromatic N) is 4.